The number of aromatic nitrogens is 1. The van der Waals surface area contributed by atoms with Crippen LogP contribution in [-0.4, -0.2) is 36.1 Å². The van der Waals surface area contributed by atoms with Crippen LogP contribution in [-0.2, 0) is 12.0 Å². The fourth-order valence-corrected chi connectivity index (χ4v) is 3.36. The molecule has 0 amide bonds. The van der Waals surface area contributed by atoms with Gasteiger partial charge in [-0.2, -0.15) is 0 Å². The molecule has 2 rings (SSSR count). The van der Waals surface area contributed by atoms with Crippen molar-refractivity contribution in [3.63, 3.8) is 0 Å². The summed E-state index contributed by atoms with van der Waals surface area (Å²) in [5.74, 6) is 0. The van der Waals surface area contributed by atoms with E-state index in [9.17, 15) is 0 Å². The number of likely N-dealkylation sites (tertiary alicyclic amines) is 1. The Morgan fingerprint density at radius 3 is 2.56 bits per heavy atom. The van der Waals surface area contributed by atoms with Crippen molar-refractivity contribution in [1.29, 1.82) is 0 Å². The second-order valence-corrected chi connectivity index (χ2v) is 7.16. The van der Waals surface area contributed by atoms with Gasteiger partial charge in [0.15, 0.2) is 0 Å². The summed E-state index contributed by atoms with van der Waals surface area (Å²) in [6.45, 7) is 10.1. The first-order chi connectivity index (χ1) is 8.49. The van der Waals surface area contributed by atoms with E-state index in [-0.39, 0.29) is 5.41 Å². The zero-order valence-electron chi connectivity index (χ0n) is 12.0. The van der Waals surface area contributed by atoms with Gasteiger partial charge in [-0.05, 0) is 19.9 Å². The molecule has 0 saturated carbocycles. The van der Waals surface area contributed by atoms with E-state index in [2.05, 4.69) is 43.4 Å². The molecule has 102 valence electrons. The Morgan fingerprint density at radius 1 is 1.39 bits per heavy atom. The van der Waals surface area contributed by atoms with Gasteiger partial charge in [-0.1, -0.05) is 20.8 Å². The summed E-state index contributed by atoms with van der Waals surface area (Å²) < 4.78 is 0. The molecule has 2 heterocycles. The largest absolute Gasteiger partial charge is 0.317 e. The lowest BCUT2D eigenvalue weighted by Gasteiger charge is -2.31. The van der Waals surface area contributed by atoms with Crippen LogP contribution in [0.4, 0.5) is 0 Å². The molecular formula is C14H25N3S. The summed E-state index contributed by atoms with van der Waals surface area (Å²) in [5, 5.41) is 6.86. The molecule has 0 bridgehead atoms. The second kappa shape index (κ2) is 5.68. The molecule has 3 nitrogen and oxygen atoms in total. The molecule has 0 atom stereocenters. The summed E-state index contributed by atoms with van der Waals surface area (Å²) in [6.07, 6.45) is 2.52. The Labute approximate surface area is 115 Å². The Hall–Kier alpha value is -0.450. The lowest BCUT2D eigenvalue weighted by molar-refractivity contribution is 0.194. The minimum Gasteiger partial charge on any atom is -0.317 e. The molecule has 0 spiro atoms. The molecule has 0 aromatic carbocycles. The maximum atomic E-state index is 4.78. The fourth-order valence-electron chi connectivity index (χ4n) is 2.30. The van der Waals surface area contributed by atoms with Crippen molar-refractivity contribution in [3.8, 4) is 0 Å². The van der Waals surface area contributed by atoms with E-state index in [0.717, 1.165) is 6.54 Å². The summed E-state index contributed by atoms with van der Waals surface area (Å²) in [5.41, 5.74) is 1.40. The van der Waals surface area contributed by atoms with Gasteiger partial charge in [0, 0.05) is 29.9 Å². The van der Waals surface area contributed by atoms with Gasteiger partial charge in [0.25, 0.3) is 0 Å². The van der Waals surface area contributed by atoms with Gasteiger partial charge in [-0.15, -0.1) is 11.3 Å². The Balaban J connectivity index is 1.89. The molecule has 1 aliphatic rings. The lowest BCUT2D eigenvalue weighted by Crippen LogP contribution is -2.40. The van der Waals surface area contributed by atoms with E-state index in [1.54, 1.807) is 0 Å². The molecule has 1 aliphatic heterocycles. The molecule has 1 saturated heterocycles. The first-order valence-electron chi connectivity index (χ1n) is 6.83. The van der Waals surface area contributed by atoms with Gasteiger partial charge in [0.2, 0.25) is 0 Å². The molecule has 4 heteroatoms. The number of hydrogen-bond donors (Lipinski definition) is 1. The van der Waals surface area contributed by atoms with Crippen LogP contribution in [0.2, 0.25) is 0 Å². The molecular weight excluding hydrogens is 242 g/mol. The average molecular weight is 267 g/mol. The lowest BCUT2D eigenvalue weighted by atomic mass is 9.93. The van der Waals surface area contributed by atoms with Crippen LogP contribution in [0, 0.1) is 0 Å². The minimum atomic E-state index is 0.174. The molecule has 18 heavy (non-hydrogen) atoms. The maximum absolute atomic E-state index is 4.78. The quantitative estimate of drug-likeness (QED) is 0.912. The Kier molecular flexibility index (Phi) is 4.41. The van der Waals surface area contributed by atoms with E-state index in [0.29, 0.717) is 6.04 Å². The predicted molar refractivity (Wildman–Crippen MR) is 78.2 cm³/mol. The molecule has 0 radical (unpaired) electrons. The summed E-state index contributed by atoms with van der Waals surface area (Å²) in [7, 11) is 2.07. The van der Waals surface area contributed by atoms with Crippen LogP contribution >= 0.6 is 11.3 Å². The third-order valence-electron chi connectivity index (χ3n) is 3.67. The SMILES string of the molecule is CNC1CCN(Cc2nc(C(C)(C)C)cs2)CC1. The number of nitrogens with one attached hydrogen (secondary N) is 1. The van der Waals surface area contributed by atoms with Crippen LogP contribution in [0.5, 0.6) is 0 Å². The zero-order chi connectivity index (χ0) is 13.2. The minimum absolute atomic E-state index is 0.174. The summed E-state index contributed by atoms with van der Waals surface area (Å²) in [4.78, 5) is 7.30. The summed E-state index contributed by atoms with van der Waals surface area (Å²) in [6, 6.07) is 0.711. The van der Waals surface area contributed by atoms with E-state index < -0.39 is 0 Å². The molecule has 1 aromatic heterocycles. The van der Waals surface area contributed by atoms with E-state index in [1.807, 2.05) is 11.3 Å². The molecule has 0 unspecified atom stereocenters. The van der Waals surface area contributed by atoms with Crippen LogP contribution in [0.25, 0.3) is 0 Å². The maximum Gasteiger partial charge on any atom is 0.107 e. The predicted octanol–water partition coefficient (Wildman–Crippen LogP) is 2.62. The van der Waals surface area contributed by atoms with Gasteiger partial charge >= 0.3 is 0 Å². The number of piperidine rings is 1. The Bertz CT molecular complexity index is 373. The smallest absolute Gasteiger partial charge is 0.107 e. The van der Waals surface area contributed by atoms with Crippen LogP contribution in [0.15, 0.2) is 5.38 Å². The number of hydrogen-bond acceptors (Lipinski definition) is 4. The van der Waals surface area contributed by atoms with Gasteiger partial charge in [-0.25, -0.2) is 4.98 Å². The molecule has 0 aliphatic carbocycles. The monoisotopic (exact) mass is 267 g/mol. The van der Waals surface area contributed by atoms with Crippen LogP contribution < -0.4 is 5.32 Å². The molecule has 1 N–H and O–H groups in total. The topological polar surface area (TPSA) is 28.2 Å². The van der Waals surface area contributed by atoms with Gasteiger partial charge in [0.05, 0.1) is 12.2 Å². The normalized spacial score (nSPS) is 19.3. The third-order valence-corrected chi connectivity index (χ3v) is 4.51. The van der Waals surface area contributed by atoms with Crippen molar-refractivity contribution in [1.82, 2.24) is 15.2 Å². The zero-order valence-corrected chi connectivity index (χ0v) is 12.8. The van der Waals surface area contributed by atoms with Crippen molar-refractivity contribution >= 4 is 11.3 Å². The highest BCUT2D eigenvalue weighted by Crippen LogP contribution is 2.25. The summed E-state index contributed by atoms with van der Waals surface area (Å²) >= 11 is 1.81. The number of rotatable bonds is 3. The second-order valence-electron chi connectivity index (χ2n) is 6.22. The highest BCUT2D eigenvalue weighted by molar-refractivity contribution is 7.09. The van der Waals surface area contributed by atoms with Gasteiger partial charge < -0.3 is 5.32 Å². The van der Waals surface area contributed by atoms with Gasteiger partial charge in [0.1, 0.15) is 5.01 Å². The number of nitrogens with zero attached hydrogens (tertiary/aromatic N) is 2. The first-order valence-corrected chi connectivity index (χ1v) is 7.71. The van der Waals surface area contributed by atoms with Crippen molar-refractivity contribution in [2.24, 2.45) is 0 Å². The van der Waals surface area contributed by atoms with Crippen molar-refractivity contribution in [2.75, 3.05) is 20.1 Å². The van der Waals surface area contributed by atoms with E-state index in [4.69, 9.17) is 4.98 Å². The van der Waals surface area contributed by atoms with Crippen LogP contribution in [0.3, 0.4) is 0 Å². The van der Waals surface area contributed by atoms with Crippen molar-refractivity contribution in [3.05, 3.63) is 16.1 Å². The average Bonchev–Trinajstić information content (AvgIpc) is 2.78. The highest BCUT2D eigenvalue weighted by Gasteiger charge is 2.21. The molecule has 1 aromatic rings. The fraction of sp³-hybridized carbons (Fsp3) is 0.786. The van der Waals surface area contributed by atoms with E-state index in [1.165, 1.54) is 36.6 Å². The standard InChI is InChI=1S/C14H25N3S/c1-14(2,3)12-10-18-13(16-12)9-17-7-5-11(15-4)6-8-17/h10-11,15H,5-9H2,1-4H3. The van der Waals surface area contributed by atoms with Gasteiger partial charge in [-0.3, -0.25) is 4.90 Å². The van der Waals surface area contributed by atoms with Crippen molar-refractivity contribution < 1.29 is 0 Å². The third kappa shape index (κ3) is 3.53. The van der Waals surface area contributed by atoms with E-state index >= 15 is 0 Å². The van der Waals surface area contributed by atoms with Crippen LogP contribution in [0.1, 0.15) is 44.3 Å². The first kappa shape index (κ1) is 14.0. The number of thiazole rings is 1. The van der Waals surface area contributed by atoms with Crippen molar-refractivity contribution in [2.45, 2.75) is 51.6 Å². The molecule has 1 fully saturated rings. The Morgan fingerprint density at radius 2 is 2.06 bits per heavy atom. The highest BCUT2D eigenvalue weighted by atomic mass is 32.1.